The van der Waals surface area contributed by atoms with Gasteiger partial charge in [-0.25, -0.2) is 9.59 Å². The third-order valence-corrected chi connectivity index (χ3v) is 2.77. The van der Waals surface area contributed by atoms with Crippen LogP contribution in [-0.2, 0) is 4.74 Å². The SMILES string of the molecule is CN(C)C(=O)NCCNC1CN(C(=O)OC(C)(C)C)C1. The first-order chi connectivity index (χ1) is 9.19. The van der Waals surface area contributed by atoms with Crippen LogP contribution in [0.2, 0.25) is 0 Å². The Balaban J connectivity index is 2.08. The van der Waals surface area contributed by atoms with Crippen LogP contribution in [0.1, 0.15) is 20.8 Å². The van der Waals surface area contributed by atoms with Gasteiger partial charge < -0.3 is 25.2 Å². The lowest BCUT2D eigenvalue weighted by molar-refractivity contribution is 0.00545. The van der Waals surface area contributed by atoms with Gasteiger partial charge in [0.05, 0.1) is 0 Å². The number of nitrogens with zero attached hydrogens (tertiary/aromatic N) is 2. The fourth-order valence-corrected chi connectivity index (χ4v) is 1.69. The molecular weight excluding hydrogens is 260 g/mol. The van der Waals surface area contributed by atoms with E-state index >= 15 is 0 Å². The van der Waals surface area contributed by atoms with Crippen molar-refractivity contribution in [1.29, 1.82) is 0 Å². The average molecular weight is 286 g/mol. The van der Waals surface area contributed by atoms with Crippen LogP contribution >= 0.6 is 0 Å². The van der Waals surface area contributed by atoms with Crippen LogP contribution in [0.5, 0.6) is 0 Å². The zero-order chi connectivity index (χ0) is 15.3. The largest absolute Gasteiger partial charge is 0.444 e. The molecule has 0 aromatic heterocycles. The summed E-state index contributed by atoms with van der Waals surface area (Å²) >= 11 is 0. The van der Waals surface area contributed by atoms with Gasteiger partial charge in [0.2, 0.25) is 0 Å². The molecule has 0 aliphatic carbocycles. The monoisotopic (exact) mass is 286 g/mol. The average Bonchev–Trinajstić information content (AvgIpc) is 2.22. The van der Waals surface area contributed by atoms with Crippen LogP contribution in [0.15, 0.2) is 0 Å². The van der Waals surface area contributed by atoms with E-state index in [0.717, 1.165) is 0 Å². The van der Waals surface area contributed by atoms with Gasteiger partial charge in [-0.15, -0.1) is 0 Å². The van der Waals surface area contributed by atoms with Crippen molar-refractivity contribution >= 4 is 12.1 Å². The van der Waals surface area contributed by atoms with Crippen molar-refractivity contribution < 1.29 is 14.3 Å². The summed E-state index contributed by atoms with van der Waals surface area (Å²) in [4.78, 5) is 26.1. The van der Waals surface area contributed by atoms with E-state index in [1.54, 1.807) is 19.0 Å². The molecule has 1 heterocycles. The van der Waals surface area contributed by atoms with Crippen molar-refractivity contribution in [3.05, 3.63) is 0 Å². The van der Waals surface area contributed by atoms with E-state index in [-0.39, 0.29) is 18.2 Å². The molecule has 1 rings (SSSR count). The number of carbonyl (C=O) groups excluding carboxylic acids is 2. The number of ether oxygens (including phenoxy) is 1. The summed E-state index contributed by atoms with van der Waals surface area (Å²) in [7, 11) is 3.40. The van der Waals surface area contributed by atoms with Gasteiger partial charge in [-0.05, 0) is 20.8 Å². The topological polar surface area (TPSA) is 73.9 Å². The first-order valence-corrected chi connectivity index (χ1v) is 6.85. The predicted octanol–water partition coefficient (Wildman–Crippen LogP) is 0.467. The van der Waals surface area contributed by atoms with Gasteiger partial charge in [-0.3, -0.25) is 0 Å². The molecule has 0 aromatic carbocycles. The lowest BCUT2D eigenvalue weighted by atomic mass is 10.1. The van der Waals surface area contributed by atoms with Crippen LogP contribution in [0.4, 0.5) is 9.59 Å². The van der Waals surface area contributed by atoms with E-state index in [9.17, 15) is 9.59 Å². The summed E-state index contributed by atoms with van der Waals surface area (Å²) in [6.07, 6.45) is -0.267. The number of likely N-dealkylation sites (tertiary alicyclic amines) is 1. The van der Waals surface area contributed by atoms with Crippen LogP contribution in [-0.4, -0.2) is 73.8 Å². The van der Waals surface area contributed by atoms with Crippen molar-refractivity contribution in [1.82, 2.24) is 20.4 Å². The first kappa shape index (κ1) is 16.6. The summed E-state index contributed by atoms with van der Waals surface area (Å²) in [6, 6.07) is 0.176. The minimum atomic E-state index is -0.452. The molecule has 1 aliphatic heterocycles. The first-order valence-electron chi connectivity index (χ1n) is 6.85. The van der Waals surface area contributed by atoms with E-state index in [4.69, 9.17) is 4.74 Å². The highest BCUT2D eigenvalue weighted by Crippen LogP contribution is 2.14. The molecule has 7 nitrogen and oxygen atoms in total. The second kappa shape index (κ2) is 6.78. The van der Waals surface area contributed by atoms with Gasteiger partial charge in [0.25, 0.3) is 0 Å². The molecule has 7 heteroatoms. The Hall–Kier alpha value is -1.50. The molecule has 2 N–H and O–H groups in total. The number of hydrogen-bond acceptors (Lipinski definition) is 4. The van der Waals surface area contributed by atoms with E-state index in [1.807, 2.05) is 20.8 Å². The maximum absolute atomic E-state index is 11.7. The summed E-state index contributed by atoms with van der Waals surface area (Å²) in [5.74, 6) is 0. The minimum Gasteiger partial charge on any atom is -0.444 e. The van der Waals surface area contributed by atoms with Crippen molar-refractivity contribution in [3.8, 4) is 0 Å². The lowest BCUT2D eigenvalue weighted by Crippen LogP contribution is -2.61. The summed E-state index contributed by atoms with van der Waals surface area (Å²) in [5.41, 5.74) is -0.452. The maximum Gasteiger partial charge on any atom is 0.410 e. The Kier molecular flexibility index (Phi) is 5.62. The molecule has 1 saturated heterocycles. The zero-order valence-electron chi connectivity index (χ0n) is 13.0. The van der Waals surface area contributed by atoms with Gasteiger partial charge >= 0.3 is 12.1 Å². The Morgan fingerprint density at radius 3 is 2.35 bits per heavy atom. The van der Waals surface area contributed by atoms with E-state index in [2.05, 4.69) is 10.6 Å². The lowest BCUT2D eigenvalue weighted by Gasteiger charge is -2.40. The summed E-state index contributed by atoms with van der Waals surface area (Å²) in [6.45, 7) is 8.12. The second-order valence-corrected chi connectivity index (χ2v) is 6.16. The van der Waals surface area contributed by atoms with Gasteiger partial charge in [0.15, 0.2) is 0 Å². The number of urea groups is 1. The highest BCUT2D eigenvalue weighted by Gasteiger charge is 2.33. The molecule has 0 saturated carbocycles. The second-order valence-electron chi connectivity index (χ2n) is 6.16. The normalized spacial score (nSPS) is 15.6. The molecule has 0 radical (unpaired) electrons. The smallest absolute Gasteiger partial charge is 0.410 e. The van der Waals surface area contributed by atoms with Crippen LogP contribution in [0.25, 0.3) is 0 Å². The third kappa shape index (κ3) is 5.64. The molecule has 0 bridgehead atoms. The van der Waals surface area contributed by atoms with Gasteiger partial charge in [-0.2, -0.15) is 0 Å². The molecule has 0 atom stereocenters. The van der Waals surface area contributed by atoms with Crippen molar-refractivity contribution in [2.24, 2.45) is 0 Å². The number of amides is 3. The van der Waals surface area contributed by atoms with E-state index < -0.39 is 5.60 Å². The number of hydrogen-bond donors (Lipinski definition) is 2. The molecule has 0 aromatic rings. The van der Waals surface area contributed by atoms with Crippen LogP contribution in [0.3, 0.4) is 0 Å². The van der Waals surface area contributed by atoms with Crippen molar-refractivity contribution in [2.45, 2.75) is 32.4 Å². The standard InChI is InChI=1S/C13H26N4O3/c1-13(2,3)20-12(19)17-8-10(9-17)14-6-7-15-11(18)16(4)5/h10,14H,6-9H2,1-5H3,(H,15,18). The number of rotatable bonds is 4. The van der Waals surface area contributed by atoms with Crippen molar-refractivity contribution in [3.63, 3.8) is 0 Å². The molecular formula is C13H26N4O3. The Labute approximate surface area is 120 Å². The van der Waals surface area contributed by atoms with Crippen LogP contribution in [0, 0.1) is 0 Å². The van der Waals surface area contributed by atoms with Gasteiger partial charge in [0.1, 0.15) is 5.60 Å². The zero-order valence-corrected chi connectivity index (χ0v) is 13.0. The number of nitrogens with one attached hydrogen (secondary N) is 2. The Morgan fingerprint density at radius 2 is 1.85 bits per heavy atom. The summed E-state index contributed by atoms with van der Waals surface area (Å²) < 4.78 is 5.27. The molecule has 1 aliphatic rings. The molecule has 3 amide bonds. The maximum atomic E-state index is 11.7. The molecule has 116 valence electrons. The van der Waals surface area contributed by atoms with E-state index in [1.165, 1.54) is 4.90 Å². The number of carbonyl (C=O) groups is 2. The van der Waals surface area contributed by atoms with Crippen molar-refractivity contribution in [2.75, 3.05) is 40.3 Å². The highest BCUT2D eigenvalue weighted by molar-refractivity contribution is 5.73. The molecule has 1 fully saturated rings. The molecule has 0 unspecified atom stereocenters. The fraction of sp³-hybridized carbons (Fsp3) is 0.846. The predicted molar refractivity (Wildman–Crippen MR) is 76.7 cm³/mol. The third-order valence-electron chi connectivity index (χ3n) is 2.77. The highest BCUT2D eigenvalue weighted by atomic mass is 16.6. The minimum absolute atomic E-state index is 0.101. The quantitative estimate of drug-likeness (QED) is 0.737. The molecule has 0 spiro atoms. The van der Waals surface area contributed by atoms with Gasteiger partial charge in [-0.1, -0.05) is 0 Å². The van der Waals surface area contributed by atoms with Gasteiger partial charge in [0, 0.05) is 46.3 Å². The van der Waals surface area contributed by atoms with Crippen LogP contribution < -0.4 is 10.6 Å². The molecule has 20 heavy (non-hydrogen) atoms. The van der Waals surface area contributed by atoms with E-state index in [0.29, 0.717) is 26.2 Å². The summed E-state index contributed by atoms with van der Waals surface area (Å²) in [5, 5.41) is 6.05. The fourth-order valence-electron chi connectivity index (χ4n) is 1.69. The Bertz CT molecular complexity index is 346. The Morgan fingerprint density at radius 1 is 1.25 bits per heavy atom.